The van der Waals surface area contributed by atoms with E-state index in [1.807, 2.05) is 6.07 Å². The monoisotopic (exact) mass is 449 g/mol. The maximum atomic E-state index is 13.4. The van der Waals surface area contributed by atoms with Gasteiger partial charge in [-0.1, -0.05) is 36.0 Å². The molecule has 0 aliphatic rings. The Labute approximate surface area is 187 Å². The zero-order valence-electron chi connectivity index (χ0n) is 17.3. The second kappa shape index (κ2) is 9.11. The number of benzene rings is 3. The molecular formula is C23H19N3O5S. The van der Waals surface area contributed by atoms with Crippen LogP contribution in [0.3, 0.4) is 0 Å². The number of nitrogens with zero attached hydrogens (tertiary/aromatic N) is 3. The molecule has 9 heteroatoms. The van der Waals surface area contributed by atoms with E-state index in [4.69, 9.17) is 14.5 Å². The fraction of sp³-hybridized carbons (Fsp3) is 0.130. The van der Waals surface area contributed by atoms with Crippen LogP contribution in [0.1, 0.15) is 5.56 Å². The molecule has 3 aromatic carbocycles. The lowest BCUT2D eigenvalue weighted by Crippen LogP contribution is -2.21. The zero-order chi connectivity index (χ0) is 22.7. The van der Waals surface area contributed by atoms with Gasteiger partial charge in [-0.3, -0.25) is 19.5 Å². The summed E-state index contributed by atoms with van der Waals surface area (Å²) in [4.78, 5) is 28.6. The SMILES string of the molecule is COc1ccc(-n2c(SCc3ccc([N+](=O)[O-])cc3)nc3ccccc3c2=O)cc1OC. The van der Waals surface area contributed by atoms with Crippen molar-refractivity contribution in [2.75, 3.05) is 14.2 Å². The Kier molecular flexibility index (Phi) is 6.09. The number of hydrogen-bond acceptors (Lipinski definition) is 7. The van der Waals surface area contributed by atoms with E-state index in [1.165, 1.54) is 31.0 Å². The molecule has 1 heterocycles. The quantitative estimate of drug-likeness (QED) is 0.176. The number of rotatable bonds is 7. The van der Waals surface area contributed by atoms with E-state index in [2.05, 4.69) is 0 Å². The Morgan fingerprint density at radius 2 is 1.72 bits per heavy atom. The minimum atomic E-state index is -0.434. The predicted molar refractivity (Wildman–Crippen MR) is 123 cm³/mol. The van der Waals surface area contributed by atoms with Gasteiger partial charge in [0.25, 0.3) is 11.2 Å². The highest BCUT2D eigenvalue weighted by atomic mass is 32.2. The molecule has 0 bridgehead atoms. The van der Waals surface area contributed by atoms with Crippen molar-refractivity contribution >= 4 is 28.4 Å². The van der Waals surface area contributed by atoms with E-state index in [-0.39, 0.29) is 11.2 Å². The lowest BCUT2D eigenvalue weighted by atomic mass is 10.2. The van der Waals surface area contributed by atoms with Gasteiger partial charge in [-0.25, -0.2) is 4.98 Å². The van der Waals surface area contributed by atoms with Crippen LogP contribution >= 0.6 is 11.8 Å². The van der Waals surface area contributed by atoms with Crippen molar-refractivity contribution in [3.8, 4) is 17.2 Å². The highest BCUT2D eigenvalue weighted by Gasteiger charge is 2.16. The second-order valence-electron chi connectivity index (χ2n) is 6.80. The number of ether oxygens (including phenoxy) is 2. The van der Waals surface area contributed by atoms with E-state index in [0.717, 1.165) is 5.56 Å². The number of para-hydroxylation sites is 1. The van der Waals surface area contributed by atoms with Crippen LogP contribution < -0.4 is 15.0 Å². The normalized spacial score (nSPS) is 10.8. The van der Waals surface area contributed by atoms with Crippen LogP contribution in [0.15, 0.2) is 76.7 Å². The first kappa shape index (κ1) is 21.4. The maximum absolute atomic E-state index is 13.4. The van der Waals surface area contributed by atoms with Crippen LogP contribution in [-0.2, 0) is 5.75 Å². The van der Waals surface area contributed by atoms with E-state index < -0.39 is 4.92 Å². The molecule has 162 valence electrons. The minimum absolute atomic E-state index is 0.0322. The first-order chi connectivity index (χ1) is 15.5. The number of aromatic nitrogens is 2. The predicted octanol–water partition coefficient (Wildman–Crippen LogP) is 4.60. The van der Waals surface area contributed by atoms with Gasteiger partial charge >= 0.3 is 0 Å². The summed E-state index contributed by atoms with van der Waals surface area (Å²) in [6.07, 6.45) is 0. The van der Waals surface area contributed by atoms with Crippen LogP contribution in [0.5, 0.6) is 11.5 Å². The highest BCUT2D eigenvalue weighted by molar-refractivity contribution is 7.98. The van der Waals surface area contributed by atoms with Gasteiger partial charge in [-0.2, -0.15) is 0 Å². The van der Waals surface area contributed by atoms with Crippen LogP contribution in [0.2, 0.25) is 0 Å². The molecule has 32 heavy (non-hydrogen) atoms. The van der Waals surface area contributed by atoms with Crippen LogP contribution in [0.25, 0.3) is 16.6 Å². The fourth-order valence-corrected chi connectivity index (χ4v) is 4.23. The summed E-state index contributed by atoms with van der Waals surface area (Å²) >= 11 is 1.37. The summed E-state index contributed by atoms with van der Waals surface area (Å²) in [5.41, 5.74) is 1.90. The Morgan fingerprint density at radius 1 is 1.00 bits per heavy atom. The number of nitro groups is 1. The lowest BCUT2D eigenvalue weighted by molar-refractivity contribution is -0.384. The molecule has 1 aromatic heterocycles. The molecule has 0 N–H and O–H groups in total. The molecule has 0 atom stereocenters. The molecule has 0 aliphatic carbocycles. The Morgan fingerprint density at radius 3 is 2.41 bits per heavy atom. The van der Waals surface area contributed by atoms with E-state index in [0.29, 0.717) is 39.0 Å². The van der Waals surface area contributed by atoms with E-state index in [9.17, 15) is 14.9 Å². The molecule has 0 spiro atoms. The first-order valence-electron chi connectivity index (χ1n) is 9.62. The summed E-state index contributed by atoms with van der Waals surface area (Å²) in [6.45, 7) is 0. The molecule has 0 amide bonds. The molecule has 8 nitrogen and oxygen atoms in total. The third-order valence-electron chi connectivity index (χ3n) is 4.89. The van der Waals surface area contributed by atoms with E-state index in [1.54, 1.807) is 60.2 Å². The first-order valence-corrected chi connectivity index (χ1v) is 10.6. The van der Waals surface area contributed by atoms with Gasteiger partial charge in [0.1, 0.15) is 0 Å². The van der Waals surface area contributed by atoms with Crippen molar-refractivity contribution in [2.45, 2.75) is 10.9 Å². The molecule has 4 rings (SSSR count). The van der Waals surface area contributed by atoms with Crippen LogP contribution in [-0.4, -0.2) is 28.7 Å². The van der Waals surface area contributed by atoms with Crippen LogP contribution in [0.4, 0.5) is 5.69 Å². The van der Waals surface area contributed by atoms with Gasteiger partial charge in [0.05, 0.1) is 35.7 Å². The van der Waals surface area contributed by atoms with Gasteiger partial charge in [0, 0.05) is 24.0 Å². The van der Waals surface area contributed by atoms with Gasteiger partial charge in [0.2, 0.25) is 0 Å². The second-order valence-corrected chi connectivity index (χ2v) is 7.75. The van der Waals surface area contributed by atoms with Crippen LogP contribution in [0, 0.1) is 10.1 Å². The molecule has 0 unspecified atom stereocenters. The number of methoxy groups -OCH3 is 2. The van der Waals surface area contributed by atoms with Crippen molar-refractivity contribution in [1.29, 1.82) is 0 Å². The average molecular weight is 449 g/mol. The highest BCUT2D eigenvalue weighted by Crippen LogP contribution is 2.31. The standard InChI is InChI=1S/C23H19N3O5S/c1-30-20-12-11-17(13-21(20)31-2)25-22(27)18-5-3-4-6-19(18)24-23(25)32-14-15-7-9-16(10-8-15)26(28)29/h3-13H,14H2,1-2H3. The number of nitro benzene ring substituents is 1. The third-order valence-corrected chi connectivity index (χ3v) is 5.90. The van der Waals surface area contributed by atoms with Gasteiger partial charge in [-0.15, -0.1) is 0 Å². The van der Waals surface area contributed by atoms with Crippen molar-refractivity contribution in [3.05, 3.63) is 92.8 Å². The number of thioether (sulfide) groups is 1. The van der Waals surface area contributed by atoms with Crippen molar-refractivity contribution in [3.63, 3.8) is 0 Å². The summed E-state index contributed by atoms with van der Waals surface area (Å²) in [5.74, 6) is 1.53. The largest absolute Gasteiger partial charge is 0.493 e. The van der Waals surface area contributed by atoms with Gasteiger partial charge in [0.15, 0.2) is 16.7 Å². The topological polar surface area (TPSA) is 96.5 Å². The van der Waals surface area contributed by atoms with Gasteiger partial charge < -0.3 is 9.47 Å². The number of fused-ring (bicyclic) bond motifs is 1. The van der Waals surface area contributed by atoms with Crippen molar-refractivity contribution in [2.24, 2.45) is 0 Å². The maximum Gasteiger partial charge on any atom is 0.269 e. The molecule has 0 aliphatic heterocycles. The zero-order valence-corrected chi connectivity index (χ0v) is 18.2. The smallest absolute Gasteiger partial charge is 0.269 e. The summed E-state index contributed by atoms with van der Waals surface area (Å²) in [5, 5.41) is 11.9. The summed E-state index contributed by atoms with van der Waals surface area (Å²) in [6, 6.07) is 18.7. The molecule has 0 fully saturated rings. The Bertz CT molecular complexity index is 1350. The minimum Gasteiger partial charge on any atom is -0.493 e. The summed E-state index contributed by atoms with van der Waals surface area (Å²) < 4.78 is 12.3. The lowest BCUT2D eigenvalue weighted by Gasteiger charge is -2.15. The Balaban J connectivity index is 1.79. The number of hydrogen-bond donors (Lipinski definition) is 0. The molecular weight excluding hydrogens is 430 g/mol. The van der Waals surface area contributed by atoms with Crippen molar-refractivity contribution in [1.82, 2.24) is 9.55 Å². The molecule has 0 saturated carbocycles. The molecule has 0 radical (unpaired) electrons. The Hall–Kier alpha value is -3.85. The van der Waals surface area contributed by atoms with Gasteiger partial charge in [-0.05, 0) is 29.8 Å². The molecule has 4 aromatic rings. The fourth-order valence-electron chi connectivity index (χ4n) is 3.26. The molecule has 0 saturated heterocycles. The van der Waals surface area contributed by atoms with E-state index >= 15 is 0 Å². The van der Waals surface area contributed by atoms with Crippen molar-refractivity contribution < 1.29 is 14.4 Å². The number of non-ortho nitro benzene ring substituents is 1. The summed E-state index contributed by atoms with van der Waals surface area (Å²) in [7, 11) is 3.08. The third kappa shape index (κ3) is 4.15. The average Bonchev–Trinajstić information content (AvgIpc) is 2.82.